The van der Waals surface area contributed by atoms with Gasteiger partial charge in [0.25, 0.3) is 0 Å². The van der Waals surface area contributed by atoms with Crippen LogP contribution in [0.5, 0.6) is 5.75 Å². The van der Waals surface area contributed by atoms with Crippen LogP contribution in [0.2, 0.25) is 0 Å². The number of esters is 1. The molecule has 1 aromatic carbocycles. The molecule has 1 aromatic rings. The molecule has 0 radical (unpaired) electrons. The molecule has 6 rings (SSSR count). The molecule has 2 aliphatic carbocycles. The van der Waals surface area contributed by atoms with Gasteiger partial charge in [-0.15, -0.1) is 0 Å². The molecule has 6 nitrogen and oxygen atoms in total. The number of fused-ring (bicyclic) bond motifs is 2. The number of hydrogen-bond donors (Lipinski definition) is 0. The van der Waals surface area contributed by atoms with Gasteiger partial charge in [0.2, 0.25) is 0 Å². The Kier molecular flexibility index (Phi) is 4.78. The highest BCUT2D eigenvalue weighted by Crippen LogP contribution is 2.70. The van der Waals surface area contributed by atoms with Crippen LogP contribution < -0.4 is 9.64 Å². The second-order valence-electron chi connectivity index (χ2n) is 11.0. The van der Waals surface area contributed by atoms with Crippen molar-refractivity contribution in [3.63, 3.8) is 0 Å². The van der Waals surface area contributed by atoms with Gasteiger partial charge in [0.05, 0.1) is 24.8 Å². The molecule has 3 saturated heterocycles. The molecule has 0 unspecified atom stereocenters. The summed E-state index contributed by atoms with van der Waals surface area (Å²) in [7, 11) is 1.73. The molecule has 174 valence electrons. The third kappa shape index (κ3) is 2.88. The van der Waals surface area contributed by atoms with Crippen LogP contribution in [0.25, 0.3) is 0 Å². The first-order valence-electron chi connectivity index (χ1n) is 12.5. The van der Waals surface area contributed by atoms with Crippen LogP contribution in [0.4, 0.5) is 5.69 Å². The van der Waals surface area contributed by atoms with Crippen molar-refractivity contribution in [1.29, 1.82) is 0 Å². The lowest BCUT2D eigenvalue weighted by Crippen LogP contribution is -2.55. The van der Waals surface area contributed by atoms with E-state index in [1.807, 2.05) is 12.1 Å². The summed E-state index contributed by atoms with van der Waals surface area (Å²) in [5.74, 6) is 1.68. The van der Waals surface area contributed by atoms with Crippen molar-refractivity contribution in [3.05, 3.63) is 24.3 Å². The summed E-state index contributed by atoms with van der Waals surface area (Å²) < 4.78 is 18.2. The second-order valence-corrected chi connectivity index (χ2v) is 11.0. The summed E-state index contributed by atoms with van der Waals surface area (Å²) in [6.45, 7) is 9.32. The minimum atomic E-state index is -0.0548. The van der Waals surface area contributed by atoms with E-state index in [-0.39, 0.29) is 41.0 Å². The van der Waals surface area contributed by atoms with Gasteiger partial charge in [-0.25, -0.2) is 0 Å². The molecule has 1 spiro atoms. The summed E-state index contributed by atoms with van der Waals surface area (Å²) in [4.78, 5) is 17.8. The van der Waals surface area contributed by atoms with E-state index in [1.54, 1.807) is 7.11 Å². The van der Waals surface area contributed by atoms with E-state index in [2.05, 4.69) is 35.8 Å². The molecule has 0 bridgehead atoms. The van der Waals surface area contributed by atoms with Crippen LogP contribution in [-0.2, 0) is 14.3 Å². The number of epoxide rings is 1. The predicted molar refractivity (Wildman–Crippen MR) is 122 cm³/mol. The average Bonchev–Trinajstić information content (AvgIpc) is 3.48. The molecular weight excluding hydrogens is 404 g/mol. The fourth-order valence-electron chi connectivity index (χ4n) is 7.78. The van der Waals surface area contributed by atoms with Gasteiger partial charge < -0.3 is 19.1 Å². The van der Waals surface area contributed by atoms with Crippen molar-refractivity contribution in [1.82, 2.24) is 4.90 Å². The van der Waals surface area contributed by atoms with Crippen LogP contribution in [0.1, 0.15) is 39.5 Å². The Labute approximate surface area is 191 Å². The van der Waals surface area contributed by atoms with Crippen molar-refractivity contribution in [2.75, 3.05) is 44.7 Å². The Bertz CT molecular complexity index is 900. The van der Waals surface area contributed by atoms with E-state index in [1.165, 1.54) is 19.3 Å². The maximum Gasteiger partial charge on any atom is 0.311 e. The first-order chi connectivity index (χ1) is 15.5. The van der Waals surface area contributed by atoms with Gasteiger partial charge in [-0.1, -0.05) is 32.4 Å². The minimum absolute atomic E-state index is 0.00714. The third-order valence-corrected chi connectivity index (χ3v) is 9.45. The lowest BCUT2D eigenvalue weighted by Gasteiger charge is -2.49. The lowest BCUT2D eigenvalue weighted by atomic mass is 9.53. The van der Waals surface area contributed by atoms with Crippen LogP contribution >= 0.6 is 0 Å². The number of methoxy groups -OCH3 is 1. The van der Waals surface area contributed by atoms with Crippen molar-refractivity contribution in [2.45, 2.75) is 57.3 Å². The molecule has 0 aromatic heterocycles. The topological polar surface area (TPSA) is 54.5 Å². The molecule has 2 saturated carbocycles. The number of carbonyl (C=O) groups excluding carboxylic acids is 1. The van der Waals surface area contributed by atoms with Crippen molar-refractivity contribution in [2.24, 2.45) is 23.2 Å². The zero-order chi connectivity index (χ0) is 22.1. The Morgan fingerprint density at radius 1 is 1.19 bits per heavy atom. The number of anilines is 1. The first kappa shape index (κ1) is 20.8. The average molecular weight is 441 g/mol. The van der Waals surface area contributed by atoms with E-state index < -0.39 is 0 Å². The SMILES string of the molecule is COc1ccccc1N1CCN(C[C@H]2C(=O)O[C@@H]3C[C@]4(C)CCC[C@@H](C)[C@]45O[C@H]5[C@H]32)CC1. The van der Waals surface area contributed by atoms with Crippen LogP contribution in [0.15, 0.2) is 24.3 Å². The van der Waals surface area contributed by atoms with Gasteiger partial charge >= 0.3 is 5.97 Å². The molecule has 0 N–H and O–H groups in total. The van der Waals surface area contributed by atoms with Gasteiger partial charge in [-0.2, -0.15) is 0 Å². The second kappa shape index (κ2) is 7.36. The van der Waals surface area contributed by atoms with E-state index >= 15 is 0 Å². The highest BCUT2D eigenvalue weighted by atomic mass is 16.6. The van der Waals surface area contributed by atoms with Gasteiger partial charge in [0.15, 0.2) is 0 Å². The number of rotatable bonds is 4. The van der Waals surface area contributed by atoms with Crippen LogP contribution in [0.3, 0.4) is 0 Å². The number of benzene rings is 1. The van der Waals surface area contributed by atoms with E-state index in [0.717, 1.165) is 50.6 Å². The van der Waals surface area contributed by atoms with Crippen LogP contribution in [-0.4, -0.2) is 68.5 Å². The number of ether oxygens (including phenoxy) is 3. The number of para-hydroxylation sites is 2. The van der Waals surface area contributed by atoms with Gasteiger partial charge in [-0.3, -0.25) is 9.69 Å². The number of piperazine rings is 1. The summed E-state index contributed by atoms with van der Waals surface area (Å²) in [5, 5.41) is 0. The highest BCUT2D eigenvalue weighted by molar-refractivity contribution is 5.76. The van der Waals surface area contributed by atoms with Gasteiger partial charge in [0.1, 0.15) is 17.5 Å². The molecule has 0 amide bonds. The largest absolute Gasteiger partial charge is 0.495 e. The number of nitrogens with zero attached hydrogens (tertiary/aromatic N) is 2. The van der Waals surface area contributed by atoms with Gasteiger partial charge in [-0.05, 0) is 37.3 Å². The van der Waals surface area contributed by atoms with E-state index in [9.17, 15) is 4.79 Å². The Morgan fingerprint density at radius 3 is 2.75 bits per heavy atom. The molecule has 32 heavy (non-hydrogen) atoms. The maximum absolute atomic E-state index is 13.0. The Balaban J connectivity index is 1.14. The monoisotopic (exact) mass is 440 g/mol. The highest BCUT2D eigenvalue weighted by Gasteiger charge is 2.78. The molecule has 7 atom stereocenters. The van der Waals surface area contributed by atoms with Crippen molar-refractivity contribution in [3.8, 4) is 5.75 Å². The zero-order valence-electron chi connectivity index (χ0n) is 19.6. The maximum atomic E-state index is 13.0. The van der Waals surface area contributed by atoms with E-state index in [4.69, 9.17) is 14.2 Å². The summed E-state index contributed by atoms with van der Waals surface area (Å²) in [6, 6.07) is 8.22. The molecule has 3 aliphatic heterocycles. The number of carbonyl (C=O) groups is 1. The fraction of sp³-hybridized carbons (Fsp3) is 0.731. The summed E-state index contributed by atoms with van der Waals surface area (Å²) in [6.07, 6.45) is 4.92. The van der Waals surface area contributed by atoms with Crippen LogP contribution in [0, 0.1) is 23.2 Å². The standard InChI is InChI=1S/C26H36N2O4/c1-17-7-6-10-25(2)15-21-22(23-26(17,25)32-23)18(24(29)31-21)16-27-11-13-28(14-12-27)19-8-4-5-9-20(19)30-3/h4-5,8-9,17-18,21-23H,6-7,10-16H2,1-3H3/t17-,18-,21-,22+,23+,25+,26-/m1/s1. The quantitative estimate of drug-likeness (QED) is 0.529. The van der Waals surface area contributed by atoms with E-state index in [0.29, 0.717) is 5.92 Å². The van der Waals surface area contributed by atoms with Crippen molar-refractivity contribution >= 4 is 11.7 Å². The third-order valence-electron chi connectivity index (χ3n) is 9.45. The van der Waals surface area contributed by atoms with Gasteiger partial charge in [0, 0.05) is 44.1 Å². The minimum Gasteiger partial charge on any atom is -0.495 e. The predicted octanol–water partition coefficient (Wildman–Crippen LogP) is 3.34. The summed E-state index contributed by atoms with van der Waals surface area (Å²) in [5.41, 5.74) is 1.30. The smallest absolute Gasteiger partial charge is 0.311 e. The fourth-order valence-corrected chi connectivity index (χ4v) is 7.78. The normalized spacial score (nSPS) is 43.2. The first-order valence-corrected chi connectivity index (χ1v) is 12.5. The summed E-state index contributed by atoms with van der Waals surface area (Å²) >= 11 is 0. The molecular formula is C26H36N2O4. The number of hydrogen-bond acceptors (Lipinski definition) is 6. The zero-order valence-corrected chi connectivity index (χ0v) is 19.6. The molecule has 5 aliphatic rings. The molecule has 6 heteroatoms. The Hall–Kier alpha value is -1.79. The lowest BCUT2D eigenvalue weighted by molar-refractivity contribution is -0.146. The molecule has 3 heterocycles. The Morgan fingerprint density at radius 2 is 1.97 bits per heavy atom. The van der Waals surface area contributed by atoms with Crippen molar-refractivity contribution < 1.29 is 19.0 Å². The molecule has 5 fully saturated rings.